The lowest BCUT2D eigenvalue weighted by Gasteiger charge is -2.21. The zero-order valence-corrected chi connectivity index (χ0v) is 16.0. The molecule has 1 aromatic carbocycles. The van der Waals surface area contributed by atoms with Gasteiger partial charge in [-0.05, 0) is 61.8 Å². The first-order chi connectivity index (χ1) is 12.5. The lowest BCUT2D eigenvalue weighted by molar-refractivity contribution is -0.126. The highest BCUT2D eigenvalue weighted by atomic mass is 32.1. The van der Waals surface area contributed by atoms with E-state index in [1.165, 1.54) is 33.8 Å². The Kier molecular flexibility index (Phi) is 4.57. The van der Waals surface area contributed by atoms with Crippen LogP contribution in [0.25, 0.3) is 0 Å². The predicted molar refractivity (Wildman–Crippen MR) is 103 cm³/mol. The molecule has 1 amide bonds. The van der Waals surface area contributed by atoms with E-state index < -0.39 is 6.10 Å². The first-order valence-corrected chi connectivity index (χ1v) is 10.1. The molecule has 0 fully saturated rings. The molecule has 0 radical (unpaired) electrons. The molecule has 2 heterocycles. The highest BCUT2D eigenvalue weighted by molar-refractivity contribution is 7.14. The molecule has 2 atom stereocenters. The van der Waals surface area contributed by atoms with Gasteiger partial charge in [0.1, 0.15) is 4.88 Å². The average molecular weight is 369 g/mol. The maximum Gasteiger partial charge on any atom is 0.349 e. The van der Waals surface area contributed by atoms with Crippen LogP contribution in [0.15, 0.2) is 30.3 Å². The van der Waals surface area contributed by atoms with E-state index in [4.69, 9.17) is 4.74 Å². The van der Waals surface area contributed by atoms with Gasteiger partial charge in [0.05, 0.1) is 0 Å². The molecule has 2 aliphatic rings. The molecule has 136 valence electrons. The molecule has 1 aromatic heterocycles. The summed E-state index contributed by atoms with van der Waals surface area (Å²) in [7, 11) is 0. The van der Waals surface area contributed by atoms with Crippen molar-refractivity contribution in [1.29, 1.82) is 0 Å². The number of carbonyl (C=O) groups excluding carboxylic acids is 2. The van der Waals surface area contributed by atoms with Crippen molar-refractivity contribution in [3.05, 3.63) is 51.2 Å². The van der Waals surface area contributed by atoms with Crippen LogP contribution >= 0.6 is 11.3 Å². The van der Waals surface area contributed by atoms with Crippen LogP contribution < -0.4 is 4.90 Å². The van der Waals surface area contributed by atoms with E-state index in [2.05, 4.69) is 6.92 Å². The van der Waals surface area contributed by atoms with Crippen LogP contribution in [-0.4, -0.2) is 24.5 Å². The molecule has 0 saturated heterocycles. The molecule has 0 N–H and O–H groups in total. The normalized spacial score (nSPS) is 19.6. The monoisotopic (exact) mass is 369 g/mol. The standard InChI is InChI=1S/C21H23NO3S/c1-13-7-8-18-16(11-13)12-19(26-18)21(24)25-14(2)20(23)22-10-9-15-5-3-4-6-17(15)22/h3-6,12-14H,7-11H2,1-2H3/t13-,14-/m1/s1. The summed E-state index contributed by atoms with van der Waals surface area (Å²) in [6.45, 7) is 4.55. The molecule has 4 nitrogen and oxygen atoms in total. The zero-order valence-electron chi connectivity index (χ0n) is 15.2. The maximum absolute atomic E-state index is 12.8. The van der Waals surface area contributed by atoms with Gasteiger partial charge in [0.25, 0.3) is 5.91 Å². The second-order valence-corrected chi connectivity index (χ2v) is 8.46. The van der Waals surface area contributed by atoms with Crippen LogP contribution in [0.5, 0.6) is 0 Å². The fourth-order valence-electron chi connectivity index (χ4n) is 3.86. The van der Waals surface area contributed by atoms with Gasteiger partial charge in [-0.2, -0.15) is 0 Å². The number of anilines is 1. The summed E-state index contributed by atoms with van der Waals surface area (Å²) >= 11 is 1.52. The Morgan fingerprint density at radius 1 is 1.23 bits per heavy atom. The molecule has 0 saturated carbocycles. The molecular formula is C21H23NO3S. The van der Waals surface area contributed by atoms with Gasteiger partial charge in [0.15, 0.2) is 6.10 Å². The number of benzene rings is 1. The van der Waals surface area contributed by atoms with Crippen molar-refractivity contribution in [3.8, 4) is 0 Å². The smallest absolute Gasteiger partial charge is 0.349 e. The van der Waals surface area contributed by atoms with Crippen molar-refractivity contribution in [3.63, 3.8) is 0 Å². The fourth-order valence-corrected chi connectivity index (χ4v) is 4.95. The topological polar surface area (TPSA) is 46.6 Å². The highest BCUT2D eigenvalue weighted by Gasteiger charge is 2.30. The number of rotatable bonds is 3. The number of amides is 1. The summed E-state index contributed by atoms with van der Waals surface area (Å²) in [6.07, 6.45) is 3.29. The number of hydrogen-bond acceptors (Lipinski definition) is 4. The quantitative estimate of drug-likeness (QED) is 0.768. The first-order valence-electron chi connectivity index (χ1n) is 9.24. The van der Waals surface area contributed by atoms with Crippen molar-refractivity contribution < 1.29 is 14.3 Å². The maximum atomic E-state index is 12.8. The molecule has 26 heavy (non-hydrogen) atoms. The third kappa shape index (κ3) is 3.16. The summed E-state index contributed by atoms with van der Waals surface area (Å²) in [4.78, 5) is 28.9. The number of fused-ring (bicyclic) bond motifs is 2. The third-order valence-corrected chi connectivity index (χ3v) is 6.53. The van der Waals surface area contributed by atoms with Gasteiger partial charge in [-0.1, -0.05) is 25.1 Å². The Morgan fingerprint density at radius 2 is 2.04 bits per heavy atom. The highest BCUT2D eigenvalue weighted by Crippen LogP contribution is 2.33. The van der Waals surface area contributed by atoms with Crippen molar-refractivity contribution in [2.45, 2.75) is 45.6 Å². The van der Waals surface area contributed by atoms with Gasteiger partial charge >= 0.3 is 5.97 Å². The average Bonchev–Trinajstić information content (AvgIpc) is 3.24. The fraction of sp³-hybridized carbons (Fsp3) is 0.429. The molecule has 1 aliphatic heterocycles. The minimum atomic E-state index is -0.785. The summed E-state index contributed by atoms with van der Waals surface area (Å²) in [5.41, 5.74) is 3.37. The van der Waals surface area contributed by atoms with Gasteiger partial charge in [0.2, 0.25) is 0 Å². The molecule has 4 rings (SSSR count). The van der Waals surface area contributed by atoms with Crippen LogP contribution in [0.4, 0.5) is 5.69 Å². The number of aryl methyl sites for hydroxylation is 1. The third-order valence-electron chi connectivity index (χ3n) is 5.32. The number of thiophene rings is 1. The van der Waals surface area contributed by atoms with Crippen molar-refractivity contribution in [1.82, 2.24) is 0 Å². The second kappa shape index (κ2) is 6.88. The number of ether oxygens (including phenoxy) is 1. The Morgan fingerprint density at radius 3 is 2.88 bits per heavy atom. The van der Waals surface area contributed by atoms with Crippen molar-refractivity contribution in [2.24, 2.45) is 5.92 Å². The van der Waals surface area contributed by atoms with Gasteiger partial charge in [-0.3, -0.25) is 4.79 Å². The van der Waals surface area contributed by atoms with E-state index in [9.17, 15) is 9.59 Å². The predicted octanol–water partition coefficient (Wildman–Crippen LogP) is 4.01. The van der Waals surface area contributed by atoms with E-state index in [0.29, 0.717) is 17.3 Å². The Bertz CT molecular complexity index is 857. The van der Waals surface area contributed by atoms with Gasteiger partial charge < -0.3 is 9.64 Å². The molecule has 0 bridgehead atoms. The number of nitrogens with zero attached hydrogens (tertiary/aromatic N) is 1. The Hall–Kier alpha value is -2.14. The van der Waals surface area contributed by atoms with Crippen molar-refractivity contribution >= 4 is 28.9 Å². The summed E-state index contributed by atoms with van der Waals surface area (Å²) in [5.74, 6) is 0.125. The van der Waals surface area contributed by atoms with Crippen LogP contribution in [0.3, 0.4) is 0 Å². The lowest BCUT2D eigenvalue weighted by atomic mass is 9.90. The molecular weight excluding hydrogens is 346 g/mol. The Balaban J connectivity index is 1.44. The summed E-state index contributed by atoms with van der Waals surface area (Å²) in [6, 6.07) is 9.86. The van der Waals surface area contributed by atoms with E-state index >= 15 is 0 Å². The molecule has 0 unspecified atom stereocenters. The Labute approximate surface area is 157 Å². The minimum absolute atomic E-state index is 0.154. The van der Waals surface area contributed by atoms with Gasteiger partial charge in [-0.25, -0.2) is 4.79 Å². The number of carbonyl (C=O) groups is 2. The van der Waals surface area contributed by atoms with Crippen LogP contribution in [0, 0.1) is 5.92 Å². The van der Waals surface area contributed by atoms with Crippen LogP contribution in [0.1, 0.15) is 45.9 Å². The zero-order chi connectivity index (χ0) is 18.3. The van der Waals surface area contributed by atoms with E-state index in [1.54, 1.807) is 11.8 Å². The minimum Gasteiger partial charge on any atom is -0.448 e. The SMILES string of the molecule is C[C@@H]1CCc2sc(C(=O)O[C@H](C)C(=O)N3CCc4ccccc43)cc2C1. The van der Waals surface area contributed by atoms with Crippen LogP contribution in [-0.2, 0) is 28.8 Å². The van der Waals surface area contributed by atoms with E-state index in [1.807, 2.05) is 30.3 Å². The molecule has 5 heteroatoms. The summed E-state index contributed by atoms with van der Waals surface area (Å²) < 4.78 is 5.51. The number of hydrogen-bond donors (Lipinski definition) is 0. The molecule has 2 aromatic rings. The van der Waals surface area contributed by atoms with Gasteiger partial charge in [0, 0.05) is 17.1 Å². The largest absolute Gasteiger partial charge is 0.448 e. The summed E-state index contributed by atoms with van der Waals surface area (Å²) in [5, 5.41) is 0. The van der Waals surface area contributed by atoms with E-state index in [0.717, 1.165) is 24.9 Å². The van der Waals surface area contributed by atoms with Crippen molar-refractivity contribution in [2.75, 3.05) is 11.4 Å². The van der Waals surface area contributed by atoms with Crippen LogP contribution in [0.2, 0.25) is 0 Å². The lowest BCUT2D eigenvalue weighted by Crippen LogP contribution is -2.39. The second-order valence-electron chi connectivity index (χ2n) is 7.32. The van der Waals surface area contributed by atoms with E-state index in [-0.39, 0.29) is 11.9 Å². The first kappa shape index (κ1) is 17.3. The van der Waals surface area contributed by atoms with Gasteiger partial charge in [-0.15, -0.1) is 11.3 Å². The number of esters is 1. The molecule has 0 spiro atoms. The molecule has 1 aliphatic carbocycles. The number of para-hydroxylation sites is 1.